The quantitative estimate of drug-likeness (QED) is 0.613. The molecule has 0 unspecified atom stereocenters. The smallest absolute Gasteiger partial charge is 0.335 e. The molecule has 1 aliphatic heterocycles. The summed E-state index contributed by atoms with van der Waals surface area (Å²) in [5.41, 5.74) is 0.267. The van der Waals surface area contributed by atoms with Crippen molar-refractivity contribution in [1.82, 2.24) is 5.32 Å². The summed E-state index contributed by atoms with van der Waals surface area (Å²) < 4.78 is 5.80. The molecule has 1 saturated heterocycles. The Balaban J connectivity index is 1.55. The Morgan fingerprint density at radius 2 is 1.75 bits per heavy atom. The van der Waals surface area contributed by atoms with Crippen molar-refractivity contribution >= 4 is 41.4 Å². The number of thioether (sulfide) groups is 1. The van der Waals surface area contributed by atoms with Crippen molar-refractivity contribution < 1.29 is 18.8 Å². The highest BCUT2D eigenvalue weighted by Gasteiger charge is 2.37. The second-order valence-corrected chi connectivity index (χ2v) is 8.13. The molecule has 0 bridgehead atoms. The number of nitrogens with one attached hydrogen (secondary N) is 1. The Morgan fingerprint density at radius 1 is 1.00 bits per heavy atom. The minimum absolute atomic E-state index is 0.132. The second kappa shape index (κ2) is 8.06. The summed E-state index contributed by atoms with van der Waals surface area (Å²) >= 11 is 1.70. The van der Waals surface area contributed by atoms with E-state index in [4.69, 9.17) is 4.42 Å². The van der Waals surface area contributed by atoms with Crippen LogP contribution in [0, 0.1) is 0 Å². The summed E-state index contributed by atoms with van der Waals surface area (Å²) in [5, 5.41) is 3.54. The van der Waals surface area contributed by atoms with Gasteiger partial charge in [-0.1, -0.05) is 49.2 Å². The van der Waals surface area contributed by atoms with Crippen LogP contribution in [0.15, 0.2) is 57.5 Å². The molecular formula is C21H20N2O4S. The Kier molecular flexibility index (Phi) is 5.34. The van der Waals surface area contributed by atoms with Crippen molar-refractivity contribution in [3.8, 4) is 0 Å². The number of amides is 4. The van der Waals surface area contributed by atoms with Gasteiger partial charge in [-0.15, -0.1) is 0 Å². The molecule has 6 nitrogen and oxygen atoms in total. The van der Waals surface area contributed by atoms with Crippen molar-refractivity contribution in [2.24, 2.45) is 0 Å². The predicted molar refractivity (Wildman–Crippen MR) is 107 cm³/mol. The van der Waals surface area contributed by atoms with Crippen LogP contribution in [0.4, 0.5) is 10.5 Å². The molecule has 2 heterocycles. The first kappa shape index (κ1) is 18.6. The van der Waals surface area contributed by atoms with E-state index in [-0.39, 0.29) is 5.57 Å². The first-order valence-electron chi connectivity index (χ1n) is 9.35. The van der Waals surface area contributed by atoms with Crippen LogP contribution in [0.5, 0.6) is 0 Å². The highest BCUT2D eigenvalue weighted by atomic mass is 32.2. The normalized spacial score (nSPS) is 19.9. The van der Waals surface area contributed by atoms with Gasteiger partial charge in [0.25, 0.3) is 11.8 Å². The number of barbiturate groups is 1. The molecule has 1 aliphatic carbocycles. The molecule has 2 aromatic rings. The Hall–Kier alpha value is -2.80. The number of benzene rings is 1. The number of carbonyl (C=O) groups is 3. The highest BCUT2D eigenvalue weighted by molar-refractivity contribution is 7.99. The number of hydrogen-bond acceptors (Lipinski definition) is 5. The van der Waals surface area contributed by atoms with Crippen molar-refractivity contribution in [2.75, 3.05) is 4.90 Å². The van der Waals surface area contributed by atoms with E-state index in [0.717, 1.165) is 9.99 Å². The fourth-order valence-corrected chi connectivity index (χ4v) is 4.62. The zero-order chi connectivity index (χ0) is 19.5. The van der Waals surface area contributed by atoms with Crippen LogP contribution in [0.1, 0.15) is 37.9 Å². The Bertz CT molecular complexity index is 929. The summed E-state index contributed by atoms with van der Waals surface area (Å²) in [6.45, 7) is 0. The van der Waals surface area contributed by atoms with Crippen LogP contribution < -0.4 is 10.2 Å². The summed E-state index contributed by atoms with van der Waals surface area (Å²) in [5.74, 6) is -0.975. The highest BCUT2D eigenvalue weighted by Crippen LogP contribution is 2.35. The predicted octanol–water partition coefficient (Wildman–Crippen LogP) is 4.37. The van der Waals surface area contributed by atoms with Gasteiger partial charge in [0.2, 0.25) is 0 Å². The van der Waals surface area contributed by atoms with Crippen molar-refractivity contribution in [2.45, 2.75) is 42.4 Å². The molecule has 1 aromatic carbocycles. The molecule has 7 heteroatoms. The molecule has 2 fully saturated rings. The molecular weight excluding hydrogens is 376 g/mol. The first-order valence-corrected chi connectivity index (χ1v) is 10.2. The lowest BCUT2D eigenvalue weighted by Gasteiger charge is -2.26. The van der Waals surface area contributed by atoms with Gasteiger partial charge in [0.1, 0.15) is 11.3 Å². The zero-order valence-electron chi connectivity index (χ0n) is 15.2. The van der Waals surface area contributed by atoms with Crippen LogP contribution in [0.25, 0.3) is 6.08 Å². The molecule has 0 spiro atoms. The number of carbonyl (C=O) groups excluding carboxylic acids is 3. The summed E-state index contributed by atoms with van der Waals surface area (Å²) in [7, 11) is 0. The summed E-state index contributed by atoms with van der Waals surface area (Å²) in [6, 6.07) is 11.3. The monoisotopic (exact) mass is 396 g/mol. The Labute approximate surface area is 167 Å². The number of urea groups is 1. The van der Waals surface area contributed by atoms with Crippen LogP contribution in [-0.2, 0) is 9.59 Å². The third-order valence-corrected chi connectivity index (χ3v) is 6.10. The van der Waals surface area contributed by atoms with Crippen LogP contribution in [-0.4, -0.2) is 23.1 Å². The maximum absolute atomic E-state index is 12.8. The fourth-order valence-electron chi connectivity index (χ4n) is 3.43. The number of nitrogens with zero attached hydrogens (tertiary/aromatic N) is 1. The number of para-hydroxylation sites is 1. The minimum atomic E-state index is -0.758. The number of imide groups is 2. The molecule has 2 aliphatic rings. The number of anilines is 1. The minimum Gasteiger partial charge on any atom is -0.450 e. The number of rotatable bonds is 4. The van der Waals surface area contributed by atoms with E-state index in [0.29, 0.717) is 16.7 Å². The molecule has 28 heavy (non-hydrogen) atoms. The summed E-state index contributed by atoms with van der Waals surface area (Å²) in [4.78, 5) is 38.1. The van der Waals surface area contributed by atoms with Crippen LogP contribution >= 0.6 is 11.8 Å². The average Bonchev–Trinajstić information content (AvgIpc) is 3.14. The average molecular weight is 396 g/mol. The van der Waals surface area contributed by atoms with E-state index in [1.54, 1.807) is 48.2 Å². The van der Waals surface area contributed by atoms with Crippen molar-refractivity contribution in [3.63, 3.8) is 0 Å². The lowest BCUT2D eigenvalue weighted by Crippen LogP contribution is -2.54. The Morgan fingerprint density at radius 3 is 2.50 bits per heavy atom. The van der Waals surface area contributed by atoms with E-state index < -0.39 is 17.8 Å². The van der Waals surface area contributed by atoms with E-state index in [2.05, 4.69) is 5.32 Å². The molecule has 0 atom stereocenters. The SMILES string of the molecule is O=C1NC(=O)N(c2ccccc2)C(=O)C1=Cc1ccc(SC2CCCCC2)o1. The van der Waals surface area contributed by atoms with Crippen molar-refractivity contribution in [3.05, 3.63) is 53.8 Å². The zero-order valence-corrected chi connectivity index (χ0v) is 16.0. The molecule has 1 N–H and O–H groups in total. The van der Waals surface area contributed by atoms with Gasteiger partial charge in [0, 0.05) is 5.25 Å². The number of furan rings is 1. The molecule has 144 valence electrons. The molecule has 4 amide bonds. The lowest BCUT2D eigenvalue weighted by molar-refractivity contribution is -0.122. The maximum Gasteiger partial charge on any atom is 0.335 e. The molecule has 4 rings (SSSR count). The first-order chi connectivity index (χ1) is 13.6. The lowest BCUT2D eigenvalue weighted by atomic mass is 10.0. The topological polar surface area (TPSA) is 79.6 Å². The largest absolute Gasteiger partial charge is 0.450 e. The third-order valence-electron chi connectivity index (χ3n) is 4.84. The maximum atomic E-state index is 12.8. The fraction of sp³-hybridized carbons (Fsp3) is 0.286. The number of hydrogen-bond donors (Lipinski definition) is 1. The van der Waals surface area contributed by atoms with Crippen LogP contribution in [0.2, 0.25) is 0 Å². The van der Waals surface area contributed by atoms with Gasteiger partial charge in [-0.3, -0.25) is 14.9 Å². The molecule has 0 radical (unpaired) electrons. The molecule has 1 aromatic heterocycles. The van der Waals surface area contributed by atoms with Crippen molar-refractivity contribution in [1.29, 1.82) is 0 Å². The van der Waals surface area contributed by atoms with Gasteiger partial charge < -0.3 is 4.42 Å². The van der Waals surface area contributed by atoms with E-state index in [1.807, 2.05) is 6.07 Å². The summed E-state index contributed by atoms with van der Waals surface area (Å²) in [6.07, 6.45) is 7.53. The molecule has 1 saturated carbocycles. The second-order valence-electron chi connectivity index (χ2n) is 6.83. The van der Waals surface area contributed by atoms with Gasteiger partial charge in [-0.2, -0.15) is 0 Å². The van der Waals surface area contributed by atoms with Gasteiger partial charge in [-0.05, 0) is 43.2 Å². The third kappa shape index (κ3) is 3.89. The standard InChI is InChI=1S/C21H20N2O4S/c24-19-17(20(25)23(21(26)22-19)14-7-3-1-4-8-14)13-15-11-12-18(27-15)28-16-9-5-2-6-10-16/h1,3-4,7-8,11-13,16H,2,5-6,9-10H2,(H,22,24,26). The van der Waals surface area contributed by atoms with Gasteiger partial charge in [0.15, 0.2) is 5.09 Å². The van der Waals surface area contributed by atoms with Gasteiger partial charge in [0.05, 0.1) is 5.69 Å². The van der Waals surface area contributed by atoms with E-state index in [9.17, 15) is 14.4 Å². The van der Waals surface area contributed by atoms with E-state index in [1.165, 1.54) is 38.2 Å². The van der Waals surface area contributed by atoms with E-state index >= 15 is 0 Å². The van der Waals surface area contributed by atoms with Gasteiger partial charge >= 0.3 is 6.03 Å². The van der Waals surface area contributed by atoms with Gasteiger partial charge in [-0.25, -0.2) is 9.69 Å². The van der Waals surface area contributed by atoms with Crippen LogP contribution in [0.3, 0.4) is 0 Å².